The molecule has 0 saturated carbocycles. The highest BCUT2D eigenvalue weighted by Crippen LogP contribution is 2.35. The number of carbonyl (C=O) groups excluding carboxylic acids is 1. The molecule has 3 aromatic carbocycles. The van der Waals surface area contributed by atoms with Gasteiger partial charge in [0.25, 0.3) is 5.56 Å². The maximum atomic E-state index is 13.9. The van der Waals surface area contributed by atoms with Gasteiger partial charge in [0.2, 0.25) is 0 Å². The zero-order valence-corrected chi connectivity index (χ0v) is 21.8. The van der Waals surface area contributed by atoms with Crippen molar-refractivity contribution in [2.45, 2.75) is 13.0 Å². The molecule has 0 radical (unpaired) electrons. The smallest absolute Gasteiger partial charge is 0.338 e. The predicted octanol–water partition coefficient (Wildman–Crippen LogP) is 4.09. The van der Waals surface area contributed by atoms with E-state index in [2.05, 4.69) is 5.92 Å². The van der Waals surface area contributed by atoms with Crippen LogP contribution in [-0.4, -0.2) is 23.8 Å². The van der Waals surface area contributed by atoms with Gasteiger partial charge < -0.3 is 9.47 Å². The summed E-state index contributed by atoms with van der Waals surface area (Å²) in [5, 5.41) is 0. The van der Waals surface area contributed by atoms with Crippen LogP contribution in [0.5, 0.6) is 5.75 Å². The molecular weight excluding hydrogens is 515 g/mol. The van der Waals surface area contributed by atoms with Gasteiger partial charge in [0.15, 0.2) is 4.80 Å². The fourth-order valence-corrected chi connectivity index (χ4v) is 5.34. The van der Waals surface area contributed by atoms with Crippen molar-refractivity contribution in [3.05, 3.63) is 127 Å². The number of esters is 1. The third kappa shape index (κ3) is 5.31. The Bertz CT molecular complexity index is 1760. The minimum Gasteiger partial charge on any atom is -0.481 e. The van der Waals surface area contributed by atoms with E-state index in [9.17, 15) is 14.0 Å². The van der Waals surface area contributed by atoms with Crippen molar-refractivity contribution >= 4 is 29.1 Å². The average molecular weight is 539 g/mol. The Labute approximate surface area is 228 Å². The Balaban J connectivity index is 1.73. The zero-order chi connectivity index (χ0) is 27.4. The molecule has 6 nitrogen and oxygen atoms in total. The number of nitrogens with zero attached hydrogens (tertiary/aromatic N) is 2. The van der Waals surface area contributed by atoms with Gasteiger partial charge in [-0.15, -0.1) is 6.42 Å². The third-order valence-electron chi connectivity index (χ3n) is 6.06. The number of fused-ring (bicyclic) bond motifs is 1. The molecule has 4 aromatic rings. The van der Waals surface area contributed by atoms with Crippen molar-refractivity contribution in [3.63, 3.8) is 0 Å². The first-order valence-corrected chi connectivity index (χ1v) is 13.0. The summed E-state index contributed by atoms with van der Waals surface area (Å²) >= 11 is 1.21. The van der Waals surface area contributed by atoms with Crippen LogP contribution in [0.15, 0.2) is 94.2 Å². The molecule has 39 heavy (non-hydrogen) atoms. The molecule has 0 saturated heterocycles. The Morgan fingerprint density at radius 1 is 1.10 bits per heavy atom. The molecule has 1 aromatic heterocycles. The average Bonchev–Trinajstić information content (AvgIpc) is 3.27. The SMILES string of the molecule is C#CCOc1ccc(C=c2sc3n(c2=O)C(c2ccc(F)cc2)C(C(=O)OCC)=C(c2ccccc2)N=3)cc1. The van der Waals surface area contributed by atoms with Crippen LogP contribution in [0.2, 0.25) is 0 Å². The van der Waals surface area contributed by atoms with Crippen molar-refractivity contribution < 1.29 is 18.7 Å². The van der Waals surface area contributed by atoms with Gasteiger partial charge in [-0.2, -0.15) is 0 Å². The van der Waals surface area contributed by atoms with Gasteiger partial charge in [-0.05, 0) is 48.4 Å². The van der Waals surface area contributed by atoms with E-state index in [1.54, 1.807) is 37.3 Å². The lowest BCUT2D eigenvalue weighted by Crippen LogP contribution is -2.40. The number of hydrogen-bond acceptors (Lipinski definition) is 6. The molecule has 0 aliphatic carbocycles. The van der Waals surface area contributed by atoms with Gasteiger partial charge in [-0.1, -0.05) is 71.9 Å². The van der Waals surface area contributed by atoms with E-state index in [0.717, 1.165) is 5.56 Å². The molecule has 1 atom stereocenters. The maximum absolute atomic E-state index is 13.9. The first-order valence-electron chi connectivity index (χ1n) is 12.2. The molecule has 0 fully saturated rings. The molecule has 0 bridgehead atoms. The Hall–Kier alpha value is -4.74. The lowest BCUT2D eigenvalue weighted by Gasteiger charge is -2.25. The van der Waals surface area contributed by atoms with E-state index in [4.69, 9.17) is 20.9 Å². The number of hydrogen-bond donors (Lipinski definition) is 0. The van der Waals surface area contributed by atoms with Crippen LogP contribution >= 0.6 is 11.3 Å². The van der Waals surface area contributed by atoms with Crippen LogP contribution in [0, 0.1) is 18.2 Å². The number of rotatable bonds is 7. The standard InChI is InChI=1S/C31H23FN2O4S/c1-3-18-38-24-16-10-20(11-17-24)19-25-29(35)34-28(22-12-14-23(32)15-13-22)26(30(36)37-4-2)27(33-31(34)39-25)21-8-6-5-7-9-21/h1,5-17,19,28H,4,18H2,2H3. The summed E-state index contributed by atoms with van der Waals surface area (Å²) < 4.78 is 26.6. The molecule has 8 heteroatoms. The summed E-state index contributed by atoms with van der Waals surface area (Å²) in [6.07, 6.45) is 7.01. The van der Waals surface area contributed by atoms with Crippen LogP contribution in [-0.2, 0) is 9.53 Å². The number of thiazole rings is 1. The van der Waals surface area contributed by atoms with Crippen LogP contribution in [0.3, 0.4) is 0 Å². The Kier molecular flexibility index (Phi) is 7.53. The molecular formula is C31H23FN2O4S. The van der Waals surface area contributed by atoms with Gasteiger partial charge in [-0.3, -0.25) is 9.36 Å². The lowest BCUT2D eigenvalue weighted by molar-refractivity contribution is -0.138. The van der Waals surface area contributed by atoms with E-state index in [0.29, 0.717) is 31.9 Å². The number of ether oxygens (including phenoxy) is 2. The molecule has 0 spiro atoms. The maximum Gasteiger partial charge on any atom is 0.338 e. The minimum atomic E-state index is -0.863. The van der Waals surface area contributed by atoms with Gasteiger partial charge in [0, 0.05) is 5.56 Å². The summed E-state index contributed by atoms with van der Waals surface area (Å²) in [7, 11) is 0. The van der Waals surface area contributed by atoms with Crippen LogP contribution in [0.4, 0.5) is 4.39 Å². The minimum absolute atomic E-state index is 0.145. The highest BCUT2D eigenvalue weighted by molar-refractivity contribution is 7.07. The van der Waals surface area contributed by atoms with E-state index in [1.807, 2.05) is 42.5 Å². The largest absolute Gasteiger partial charge is 0.481 e. The fraction of sp³-hybridized carbons (Fsp3) is 0.129. The van der Waals surface area contributed by atoms with Gasteiger partial charge in [0.05, 0.1) is 28.5 Å². The summed E-state index contributed by atoms with van der Waals surface area (Å²) in [5.74, 6) is 2.02. The second kappa shape index (κ2) is 11.3. The van der Waals surface area contributed by atoms with Gasteiger partial charge in [-0.25, -0.2) is 14.2 Å². The first kappa shape index (κ1) is 25.9. The predicted molar refractivity (Wildman–Crippen MR) is 148 cm³/mol. The Morgan fingerprint density at radius 2 is 1.82 bits per heavy atom. The molecule has 1 aliphatic heterocycles. The van der Waals surface area contributed by atoms with Gasteiger partial charge >= 0.3 is 5.97 Å². The monoisotopic (exact) mass is 538 g/mol. The van der Waals surface area contributed by atoms with E-state index >= 15 is 0 Å². The lowest BCUT2D eigenvalue weighted by atomic mass is 9.93. The normalized spacial score (nSPS) is 14.8. The number of terminal acetylenes is 1. The quantitative estimate of drug-likeness (QED) is 0.263. The van der Waals surface area contributed by atoms with Crippen molar-refractivity contribution in [1.29, 1.82) is 0 Å². The molecule has 0 amide bonds. The van der Waals surface area contributed by atoms with Crippen LogP contribution in [0.1, 0.15) is 29.7 Å². The number of aromatic nitrogens is 1. The van der Waals surface area contributed by atoms with Crippen LogP contribution in [0.25, 0.3) is 11.8 Å². The van der Waals surface area contributed by atoms with E-state index in [1.165, 1.54) is 28.0 Å². The zero-order valence-electron chi connectivity index (χ0n) is 21.0. The Morgan fingerprint density at radius 3 is 2.49 bits per heavy atom. The molecule has 5 rings (SSSR count). The first-order chi connectivity index (χ1) is 19.0. The highest BCUT2D eigenvalue weighted by atomic mass is 32.1. The fourth-order valence-electron chi connectivity index (χ4n) is 4.34. The summed E-state index contributed by atoms with van der Waals surface area (Å²) in [6.45, 7) is 2.02. The van der Waals surface area contributed by atoms with Crippen LogP contribution < -0.4 is 19.6 Å². The number of carbonyl (C=O) groups is 1. The van der Waals surface area contributed by atoms with Crippen molar-refractivity contribution in [2.75, 3.05) is 13.2 Å². The molecule has 0 N–H and O–H groups in total. The van der Waals surface area contributed by atoms with Crippen molar-refractivity contribution in [1.82, 2.24) is 4.57 Å². The van der Waals surface area contributed by atoms with E-state index < -0.39 is 17.8 Å². The molecule has 1 unspecified atom stereocenters. The highest BCUT2D eigenvalue weighted by Gasteiger charge is 2.35. The van der Waals surface area contributed by atoms with Crippen molar-refractivity contribution in [2.24, 2.45) is 4.99 Å². The summed E-state index contributed by atoms with van der Waals surface area (Å²) in [5.41, 5.74) is 2.34. The summed E-state index contributed by atoms with van der Waals surface area (Å²) in [6, 6.07) is 21.3. The number of halogens is 1. The molecule has 2 heterocycles. The van der Waals surface area contributed by atoms with Crippen molar-refractivity contribution in [3.8, 4) is 18.1 Å². The number of benzene rings is 3. The van der Waals surface area contributed by atoms with E-state index in [-0.39, 0.29) is 24.3 Å². The third-order valence-corrected chi connectivity index (χ3v) is 7.04. The second-order valence-corrected chi connectivity index (χ2v) is 9.55. The topological polar surface area (TPSA) is 69.9 Å². The van der Waals surface area contributed by atoms with Gasteiger partial charge in [0.1, 0.15) is 18.2 Å². The molecule has 1 aliphatic rings. The molecule has 194 valence electrons. The second-order valence-electron chi connectivity index (χ2n) is 8.54. The summed E-state index contributed by atoms with van der Waals surface area (Å²) in [4.78, 5) is 32.4.